The van der Waals surface area contributed by atoms with Gasteiger partial charge >= 0.3 is 5.97 Å². The molecule has 0 N–H and O–H groups in total. The maximum absolute atomic E-state index is 11.9. The molecule has 2 aliphatic rings. The Kier molecular flexibility index (Phi) is 2.81. The first-order valence-electron chi connectivity index (χ1n) is 6.39. The second kappa shape index (κ2) is 4.23. The van der Waals surface area contributed by atoms with E-state index in [0.29, 0.717) is 29.5 Å². The average molecular weight is 266 g/mol. The molecular weight excluding hydrogens is 250 g/mol. The fraction of sp³-hybridized carbons (Fsp3) is 0.571. The minimum atomic E-state index is -0.0423. The van der Waals surface area contributed by atoms with E-state index in [4.69, 9.17) is 16.3 Å². The molecule has 2 aliphatic carbocycles. The maximum Gasteiger partial charge on any atom is 0.309 e. The molecule has 18 heavy (non-hydrogen) atoms. The number of rotatable bonds is 3. The Hall–Kier alpha value is -1.09. The molecule has 0 aliphatic heterocycles. The van der Waals surface area contributed by atoms with Gasteiger partial charge < -0.3 is 4.74 Å². The number of fused-ring (bicyclic) bond motifs is 3. The quantitative estimate of drug-likeness (QED) is 0.623. The molecule has 0 bridgehead atoms. The molecule has 1 saturated carbocycles. The summed E-state index contributed by atoms with van der Waals surface area (Å²) in [5.74, 6) is 1.14. The Morgan fingerprint density at radius 2 is 2.39 bits per heavy atom. The van der Waals surface area contributed by atoms with E-state index < -0.39 is 0 Å². The van der Waals surface area contributed by atoms with Gasteiger partial charge in [-0.25, -0.2) is 4.98 Å². The Morgan fingerprint density at radius 1 is 1.61 bits per heavy atom. The minimum absolute atomic E-state index is 0.0423. The van der Waals surface area contributed by atoms with E-state index in [2.05, 4.69) is 4.98 Å². The van der Waals surface area contributed by atoms with E-state index in [1.54, 1.807) is 0 Å². The van der Waals surface area contributed by atoms with Gasteiger partial charge in [0.15, 0.2) is 0 Å². The van der Waals surface area contributed by atoms with Crippen LogP contribution in [0.15, 0.2) is 12.3 Å². The highest BCUT2D eigenvalue weighted by molar-refractivity contribution is 6.29. The molecule has 96 valence electrons. The average Bonchev–Trinajstić information content (AvgIpc) is 2.89. The molecule has 0 aromatic carbocycles. The summed E-state index contributed by atoms with van der Waals surface area (Å²) in [4.78, 5) is 16.0. The van der Waals surface area contributed by atoms with E-state index in [1.165, 1.54) is 11.1 Å². The lowest BCUT2D eigenvalue weighted by atomic mass is 10.1. The Bertz CT molecular complexity index is 501. The molecule has 0 spiro atoms. The zero-order chi connectivity index (χ0) is 12.9. The van der Waals surface area contributed by atoms with Gasteiger partial charge in [-0.05, 0) is 35.4 Å². The van der Waals surface area contributed by atoms with Crippen molar-refractivity contribution in [2.75, 3.05) is 6.61 Å². The van der Waals surface area contributed by atoms with Crippen LogP contribution in [0.5, 0.6) is 0 Å². The van der Waals surface area contributed by atoms with Crippen LogP contribution < -0.4 is 0 Å². The number of hydrogen-bond acceptors (Lipinski definition) is 3. The molecule has 0 saturated heterocycles. The molecule has 4 heteroatoms. The van der Waals surface area contributed by atoms with Gasteiger partial charge in [-0.2, -0.15) is 0 Å². The molecule has 0 radical (unpaired) electrons. The number of nitrogens with zero attached hydrogens (tertiary/aromatic N) is 1. The van der Waals surface area contributed by atoms with Crippen molar-refractivity contribution in [1.82, 2.24) is 4.98 Å². The molecule has 1 aromatic rings. The Balaban J connectivity index is 1.68. The Morgan fingerprint density at radius 3 is 3.11 bits per heavy atom. The van der Waals surface area contributed by atoms with Crippen molar-refractivity contribution in [3.63, 3.8) is 0 Å². The van der Waals surface area contributed by atoms with Gasteiger partial charge in [-0.3, -0.25) is 4.79 Å². The van der Waals surface area contributed by atoms with Crippen LogP contribution in [-0.2, 0) is 16.0 Å². The van der Waals surface area contributed by atoms with Crippen LogP contribution in [0, 0.1) is 17.8 Å². The van der Waals surface area contributed by atoms with Crippen LogP contribution in [0.2, 0.25) is 5.15 Å². The number of aromatic nitrogens is 1. The molecule has 3 nitrogen and oxygen atoms in total. The second-order valence-corrected chi connectivity index (χ2v) is 6.04. The summed E-state index contributed by atoms with van der Waals surface area (Å²) < 4.78 is 5.32. The first kappa shape index (κ1) is 12.0. The van der Waals surface area contributed by atoms with Crippen LogP contribution >= 0.6 is 11.6 Å². The van der Waals surface area contributed by atoms with Gasteiger partial charge in [0.2, 0.25) is 0 Å². The molecule has 3 rings (SSSR count). The van der Waals surface area contributed by atoms with Crippen LogP contribution in [0.1, 0.15) is 30.9 Å². The lowest BCUT2D eigenvalue weighted by molar-refractivity contribution is -0.146. The lowest BCUT2D eigenvalue weighted by Crippen LogP contribution is -2.14. The van der Waals surface area contributed by atoms with Crippen molar-refractivity contribution in [2.45, 2.75) is 26.2 Å². The molecule has 0 amide bonds. The summed E-state index contributed by atoms with van der Waals surface area (Å²) >= 11 is 5.87. The highest BCUT2D eigenvalue weighted by Crippen LogP contribution is 2.61. The number of hydrogen-bond donors (Lipinski definition) is 0. The zero-order valence-corrected chi connectivity index (χ0v) is 11.3. The topological polar surface area (TPSA) is 39.2 Å². The minimum Gasteiger partial charge on any atom is -0.465 e. The van der Waals surface area contributed by atoms with Gasteiger partial charge in [0.25, 0.3) is 0 Å². The largest absolute Gasteiger partial charge is 0.465 e. The van der Waals surface area contributed by atoms with Gasteiger partial charge in [0.1, 0.15) is 5.15 Å². The number of pyridine rings is 1. The van der Waals surface area contributed by atoms with Crippen LogP contribution in [-0.4, -0.2) is 17.6 Å². The number of halogens is 1. The third-order valence-electron chi connectivity index (χ3n) is 3.81. The predicted octanol–water partition coefficient (Wildman–Crippen LogP) is 2.82. The second-order valence-electron chi connectivity index (χ2n) is 5.65. The van der Waals surface area contributed by atoms with Crippen molar-refractivity contribution in [1.29, 1.82) is 0 Å². The van der Waals surface area contributed by atoms with Gasteiger partial charge in [-0.15, -0.1) is 0 Å². The lowest BCUT2D eigenvalue weighted by Gasteiger charge is -2.09. The van der Waals surface area contributed by atoms with E-state index >= 15 is 0 Å². The van der Waals surface area contributed by atoms with Crippen molar-refractivity contribution >= 4 is 17.6 Å². The maximum atomic E-state index is 11.9. The normalized spacial score (nSPS) is 27.9. The summed E-state index contributed by atoms with van der Waals surface area (Å²) in [7, 11) is 0. The van der Waals surface area contributed by atoms with Gasteiger partial charge in [0.05, 0.1) is 12.5 Å². The highest BCUT2D eigenvalue weighted by Gasteiger charge is 2.60. The first-order chi connectivity index (χ1) is 8.58. The van der Waals surface area contributed by atoms with Crippen molar-refractivity contribution in [3.8, 4) is 0 Å². The predicted molar refractivity (Wildman–Crippen MR) is 68.5 cm³/mol. The van der Waals surface area contributed by atoms with Crippen molar-refractivity contribution in [2.24, 2.45) is 17.8 Å². The number of carbonyl (C=O) groups excluding carboxylic acids is 1. The molecule has 1 fully saturated rings. The Labute approximate surface area is 112 Å². The number of carbonyl (C=O) groups is 1. The standard InChI is InChI=1S/C14H16ClNO2/c1-7(2)6-18-14(17)13-9-3-8-4-11(15)16-5-10(8)12(9)13/h4-5,7,9,12-13H,3,6H2,1-2H3/t9-,12?,13+/m1/s1. The summed E-state index contributed by atoms with van der Waals surface area (Å²) in [6.45, 7) is 4.60. The smallest absolute Gasteiger partial charge is 0.309 e. The van der Waals surface area contributed by atoms with Crippen LogP contribution in [0.3, 0.4) is 0 Å². The monoisotopic (exact) mass is 265 g/mol. The summed E-state index contributed by atoms with van der Waals surface area (Å²) in [6, 6.07) is 1.92. The summed E-state index contributed by atoms with van der Waals surface area (Å²) in [6.07, 6.45) is 2.75. The van der Waals surface area contributed by atoms with Crippen LogP contribution in [0.4, 0.5) is 0 Å². The fourth-order valence-electron chi connectivity index (χ4n) is 2.93. The third kappa shape index (κ3) is 1.91. The summed E-state index contributed by atoms with van der Waals surface area (Å²) in [5.41, 5.74) is 2.44. The number of ether oxygens (including phenoxy) is 1. The SMILES string of the molecule is CC(C)COC(=O)[C@@H]1C2c3cnc(Cl)cc3C[C@H]21. The third-order valence-corrected chi connectivity index (χ3v) is 4.01. The van der Waals surface area contributed by atoms with E-state index in [9.17, 15) is 4.79 Å². The highest BCUT2D eigenvalue weighted by atomic mass is 35.5. The van der Waals surface area contributed by atoms with E-state index in [0.717, 1.165) is 6.42 Å². The van der Waals surface area contributed by atoms with Gasteiger partial charge in [-0.1, -0.05) is 25.4 Å². The zero-order valence-electron chi connectivity index (χ0n) is 10.5. The van der Waals surface area contributed by atoms with E-state index in [1.807, 2.05) is 26.1 Å². The van der Waals surface area contributed by atoms with Gasteiger partial charge in [0, 0.05) is 12.1 Å². The van der Waals surface area contributed by atoms with Crippen LogP contribution in [0.25, 0.3) is 0 Å². The van der Waals surface area contributed by atoms with Crippen molar-refractivity contribution < 1.29 is 9.53 Å². The van der Waals surface area contributed by atoms with E-state index in [-0.39, 0.29) is 11.9 Å². The summed E-state index contributed by atoms with van der Waals surface area (Å²) in [5, 5.41) is 0.536. The molecule has 3 atom stereocenters. The molecule has 1 heterocycles. The molecule has 1 unspecified atom stereocenters. The van der Waals surface area contributed by atoms with Crippen molar-refractivity contribution in [3.05, 3.63) is 28.5 Å². The fourth-order valence-corrected chi connectivity index (χ4v) is 3.11. The number of esters is 1. The molecule has 1 aromatic heterocycles. The molecular formula is C14H16ClNO2. The first-order valence-corrected chi connectivity index (χ1v) is 6.76.